The summed E-state index contributed by atoms with van der Waals surface area (Å²) in [6.07, 6.45) is 0. The van der Waals surface area contributed by atoms with Crippen LogP contribution in [-0.2, 0) is 10.0 Å². The molecule has 0 aliphatic carbocycles. The zero-order valence-electron chi connectivity index (χ0n) is 11.2. The van der Waals surface area contributed by atoms with E-state index in [1.807, 2.05) is 6.07 Å². The van der Waals surface area contributed by atoms with Crippen LogP contribution in [0.5, 0.6) is 0 Å². The van der Waals surface area contributed by atoms with Crippen molar-refractivity contribution < 1.29 is 12.8 Å². The van der Waals surface area contributed by atoms with Gasteiger partial charge in [0, 0.05) is 6.04 Å². The maximum atomic E-state index is 12.9. The first-order valence-corrected chi connectivity index (χ1v) is 7.68. The number of benzene rings is 2. The topological polar surface area (TPSA) is 70.0 Å². The highest BCUT2D eigenvalue weighted by Gasteiger charge is 2.18. The molecular weight excluding hydrogens is 291 g/mol. The summed E-state index contributed by atoms with van der Waals surface area (Å²) in [5.74, 6) is -0.374. The minimum atomic E-state index is -3.70. The highest BCUT2D eigenvalue weighted by Crippen LogP contribution is 2.17. The molecule has 6 heteroatoms. The quantitative estimate of drug-likeness (QED) is 0.944. The van der Waals surface area contributed by atoms with Crippen molar-refractivity contribution in [2.75, 3.05) is 0 Å². The summed E-state index contributed by atoms with van der Waals surface area (Å²) in [4.78, 5) is 0.0791. The molecule has 0 saturated carbocycles. The van der Waals surface area contributed by atoms with E-state index in [1.165, 1.54) is 48.5 Å². The van der Waals surface area contributed by atoms with Crippen molar-refractivity contribution in [3.05, 3.63) is 65.5 Å². The molecule has 0 aromatic heterocycles. The second-order valence-corrected chi connectivity index (χ2v) is 6.24. The number of hydrogen-bond donors (Lipinski definition) is 1. The molecule has 2 aromatic carbocycles. The lowest BCUT2D eigenvalue weighted by Gasteiger charge is -2.14. The minimum Gasteiger partial charge on any atom is -0.207 e. The third-order valence-electron chi connectivity index (χ3n) is 3.00. The van der Waals surface area contributed by atoms with Crippen LogP contribution >= 0.6 is 0 Å². The van der Waals surface area contributed by atoms with Gasteiger partial charge in [-0.25, -0.2) is 17.5 Å². The van der Waals surface area contributed by atoms with Crippen LogP contribution in [-0.4, -0.2) is 8.42 Å². The average molecular weight is 304 g/mol. The maximum absolute atomic E-state index is 12.9. The molecule has 0 radical (unpaired) electrons. The fraction of sp³-hybridized carbons (Fsp3) is 0.133. The molecule has 108 valence electrons. The Hall–Kier alpha value is -2.23. The van der Waals surface area contributed by atoms with Crippen molar-refractivity contribution in [2.24, 2.45) is 0 Å². The Morgan fingerprint density at radius 2 is 1.67 bits per heavy atom. The molecule has 0 bridgehead atoms. The first-order valence-electron chi connectivity index (χ1n) is 6.20. The summed E-state index contributed by atoms with van der Waals surface area (Å²) in [5.41, 5.74) is 1.05. The van der Waals surface area contributed by atoms with Gasteiger partial charge in [0.2, 0.25) is 10.0 Å². The van der Waals surface area contributed by atoms with Gasteiger partial charge in [-0.1, -0.05) is 12.1 Å². The first-order chi connectivity index (χ1) is 9.92. The van der Waals surface area contributed by atoms with Crippen LogP contribution in [0.3, 0.4) is 0 Å². The third kappa shape index (κ3) is 3.66. The van der Waals surface area contributed by atoms with Gasteiger partial charge in [-0.15, -0.1) is 0 Å². The Labute approximate surface area is 122 Å². The van der Waals surface area contributed by atoms with Gasteiger partial charge in [-0.3, -0.25) is 0 Å². The van der Waals surface area contributed by atoms with Gasteiger partial charge in [-0.2, -0.15) is 5.26 Å². The van der Waals surface area contributed by atoms with Crippen LogP contribution in [0.1, 0.15) is 24.1 Å². The summed E-state index contributed by atoms with van der Waals surface area (Å²) in [7, 11) is -3.70. The van der Waals surface area contributed by atoms with Crippen molar-refractivity contribution in [3.8, 4) is 6.07 Å². The number of nitrogens with one attached hydrogen (secondary N) is 1. The van der Waals surface area contributed by atoms with Crippen LogP contribution in [0.4, 0.5) is 4.39 Å². The number of hydrogen-bond acceptors (Lipinski definition) is 3. The largest absolute Gasteiger partial charge is 0.241 e. The highest BCUT2D eigenvalue weighted by atomic mass is 32.2. The van der Waals surface area contributed by atoms with Gasteiger partial charge >= 0.3 is 0 Å². The van der Waals surface area contributed by atoms with Crippen molar-refractivity contribution in [1.82, 2.24) is 4.72 Å². The van der Waals surface area contributed by atoms with Gasteiger partial charge < -0.3 is 0 Å². The summed E-state index contributed by atoms with van der Waals surface area (Å²) in [6.45, 7) is 1.68. The Bertz CT molecular complexity index is 763. The van der Waals surface area contributed by atoms with Crippen LogP contribution in [0, 0.1) is 17.1 Å². The van der Waals surface area contributed by atoms with E-state index < -0.39 is 16.1 Å². The van der Waals surface area contributed by atoms with E-state index >= 15 is 0 Å². The monoisotopic (exact) mass is 304 g/mol. The van der Waals surface area contributed by atoms with Crippen molar-refractivity contribution in [1.29, 1.82) is 5.26 Å². The normalized spacial score (nSPS) is 12.6. The molecule has 0 spiro atoms. The van der Waals surface area contributed by atoms with Gasteiger partial charge in [-0.05, 0) is 48.9 Å². The van der Waals surface area contributed by atoms with E-state index in [1.54, 1.807) is 6.92 Å². The number of nitriles is 1. The predicted molar refractivity (Wildman–Crippen MR) is 76.3 cm³/mol. The zero-order chi connectivity index (χ0) is 15.5. The molecular formula is C15H13FN2O2S. The maximum Gasteiger partial charge on any atom is 0.241 e. The van der Waals surface area contributed by atoms with Crippen molar-refractivity contribution >= 4 is 10.0 Å². The molecule has 0 heterocycles. The van der Waals surface area contributed by atoms with E-state index in [-0.39, 0.29) is 10.7 Å². The Balaban J connectivity index is 2.20. The van der Waals surface area contributed by atoms with E-state index in [0.717, 1.165) is 0 Å². The zero-order valence-corrected chi connectivity index (χ0v) is 12.1. The van der Waals surface area contributed by atoms with Gasteiger partial charge in [0.15, 0.2) is 0 Å². The Kier molecular flexibility index (Phi) is 4.36. The number of halogens is 1. The molecule has 0 amide bonds. The molecule has 4 nitrogen and oxygen atoms in total. The predicted octanol–water partition coefficient (Wildman–Crippen LogP) is 2.74. The average Bonchev–Trinajstić information content (AvgIpc) is 2.47. The van der Waals surface area contributed by atoms with Crippen LogP contribution in [0.25, 0.3) is 0 Å². The number of rotatable bonds is 4. The van der Waals surface area contributed by atoms with Crippen molar-refractivity contribution in [3.63, 3.8) is 0 Å². The van der Waals surface area contributed by atoms with E-state index in [2.05, 4.69) is 4.72 Å². The molecule has 1 atom stereocenters. The molecule has 2 aromatic rings. The third-order valence-corrected chi connectivity index (χ3v) is 4.55. The van der Waals surface area contributed by atoms with Gasteiger partial charge in [0.25, 0.3) is 0 Å². The Morgan fingerprint density at radius 3 is 2.19 bits per heavy atom. The molecule has 0 aliphatic rings. The van der Waals surface area contributed by atoms with Gasteiger partial charge in [0.05, 0.1) is 16.5 Å². The molecule has 1 N–H and O–H groups in total. The summed E-state index contributed by atoms with van der Waals surface area (Å²) in [5, 5.41) is 8.70. The van der Waals surface area contributed by atoms with Crippen molar-refractivity contribution in [2.45, 2.75) is 17.9 Å². The molecule has 2 rings (SSSR count). The second kappa shape index (κ2) is 6.04. The number of sulfonamides is 1. The van der Waals surface area contributed by atoms with Crippen LogP contribution in [0.15, 0.2) is 53.4 Å². The number of nitrogens with zero attached hydrogens (tertiary/aromatic N) is 1. The molecule has 21 heavy (non-hydrogen) atoms. The second-order valence-electron chi connectivity index (χ2n) is 4.53. The smallest absolute Gasteiger partial charge is 0.207 e. The SMILES string of the molecule is CC(NS(=O)(=O)c1ccc(C#N)cc1)c1ccc(F)cc1. The summed E-state index contributed by atoms with van der Waals surface area (Å²) < 4.78 is 39.8. The van der Waals surface area contributed by atoms with E-state index in [9.17, 15) is 12.8 Å². The van der Waals surface area contributed by atoms with Crippen LogP contribution in [0.2, 0.25) is 0 Å². The fourth-order valence-electron chi connectivity index (χ4n) is 1.83. The molecule has 1 unspecified atom stereocenters. The van der Waals surface area contributed by atoms with E-state index in [4.69, 9.17) is 5.26 Å². The molecule has 0 saturated heterocycles. The first kappa shape index (κ1) is 15.2. The minimum absolute atomic E-state index is 0.0791. The molecule has 0 fully saturated rings. The fourth-order valence-corrected chi connectivity index (χ4v) is 3.06. The van der Waals surface area contributed by atoms with E-state index in [0.29, 0.717) is 11.1 Å². The lowest BCUT2D eigenvalue weighted by atomic mass is 10.1. The lowest BCUT2D eigenvalue weighted by Crippen LogP contribution is -2.26. The Morgan fingerprint density at radius 1 is 1.10 bits per heavy atom. The summed E-state index contributed by atoms with van der Waals surface area (Å²) in [6, 6.07) is 12.7. The summed E-state index contributed by atoms with van der Waals surface area (Å²) >= 11 is 0. The van der Waals surface area contributed by atoms with Gasteiger partial charge in [0.1, 0.15) is 5.82 Å². The standard InChI is InChI=1S/C15H13FN2O2S/c1-11(13-4-6-14(16)7-5-13)18-21(19,20)15-8-2-12(10-17)3-9-15/h2-9,11,18H,1H3. The lowest BCUT2D eigenvalue weighted by molar-refractivity contribution is 0.566. The van der Waals surface area contributed by atoms with Crippen LogP contribution < -0.4 is 4.72 Å². The molecule has 0 aliphatic heterocycles. The highest BCUT2D eigenvalue weighted by molar-refractivity contribution is 7.89.